The van der Waals surface area contributed by atoms with E-state index in [1.165, 1.54) is 65.8 Å². The fourth-order valence-electron chi connectivity index (χ4n) is 21.7. The molecule has 11 atom stereocenters. The summed E-state index contributed by atoms with van der Waals surface area (Å²) in [5, 5.41) is 17.0. The average molecular weight is 1770 g/mol. The standard InChI is InChI=1S/C48H58N8O8.C40H48N6O4.C9H15NO5/c1-61-47(59)53-40(27-13-18-63-19-14-27)45(57)55-17-3-4-39(55)43-49-25-37(51-43)31-8-11-35-29(22-31)5-6-30-23-32(9-12-36(30)35)38-26-50-44(52-38)42-33-7-10-34(24-33)56(42)46(58)41(54-48(60)62-2)28-15-20-64-21-16-28;1-39(2,3)49-37(47)45-17-7-8-33(45)35-41-21-31(43-35)25-12-15-29-23(18-25)9-10-24-19-26(13-16-30(24)29)32-22-42-36(44-32)34-27-11-14-28(20-27)46(34)38(48)50-40(4,5)6;1-14-9(13)10-7(8(11)12)6-2-4-15-5-3-6/h8-9,11-12,22-23,25-28,33-34,39-42H,3-7,10,13-21,24H2,1-2H3,(H,49,51)(H,50,52)(H,53,59)(H,54,60);12-13,15-16,18-19,21-22,27-28,33-34H,7-11,14,17,20H2,1-6H3,(H,41,43)(H,42,44);6-7H,2-5H2,1H3,(H,10,13)(H,11,12)/t33-,34+,39-,40-,41-,42-;27-,28+,33-,34-;7-/m000/s1. The predicted octanol–water partition coefficient (Wildman–Crippen LogP) is 15.2. The minimum atomic E-state index is -1.03. The van der Waals surface area contributed by atoms with Crippen molar-refractivity contribution in [3.8, 4) is 67.3 Å². The van der Waals surface area contributed by atoms with E-state index in [4.69, 9.17) is 58.2 Å². The molecule has 4 bridgehead atoms. The molecule has 4 aromatic carbocycles. The first-order chi connectivity index (χ1) is 62.2. The Balaban J connectivity index is 0.000000159. The second-order valence-corrected chi connectivity index (χ2v) is 38.2. The second kappa shape index (κ2) is 38.2. The number of carboxylic acids is 1. The number of nitrogens with zero attached hydrogens (tertiary/aromatic N) is 8. The van der Waals surface area contributed by atoms with Crippen molar-refractivity contribution in [2.45, 2.75) is 236 Å². The van der Waals surface area contributed by atoms with Crippen LogP contribution >= 0.6 is 0 Å². The van der Waals surface area contributed by atoms with Crippen LogP contribution in [0.5, 0.6) is 0 Å². The third kappa shape index (κ3) is 19.4. The number of likely N-dealkylation sites (tertiary alicyclic amines) is 4. The van der Waals surface area contributed by atoms with Gasteiger partial charge in [-0.15, -0.1) is 0 Å². The minimum absolute atomic E-state index is 0.0229. The van der Waals surface area contributed by atoms with Crippen LogP contribution in [-0.2, 0) is 78.0 Å². The lowest BCUT2D eigenvalue weighted by Crippen LogP contribution is -2.55. The van der Waals surface area contributed by atoms with Crippen LogP contribution in [0.1, 0.15) is 214 Å². The second-order valence-electron chi connectivity index (χ2n) is 38.2. The molecular formula is C97H121N15O17. The maximum absolute atomic E-state index is 14.4. The Labute approximate surface area is 750 Å². The number of fused-ring (bicyclic) bond motifs is 10. The molecule has 7 aliphatic heterocycles. The van der Waals surface area contributed by atoms with Crippen molar-refractivity contribution in [1.29, 1.82) is 0 Å². The number of H-pyrrole nitrogens is 4. The van der Waals surface area contributed by atoms with E-state index >= 15 is 0 Å². The zero-order valence-corrected chi connectivity index (χ0v) is 75.2. The molecular weight excluding hydrogens is 1650 g/mol. The number of carbonyl (C=O) groups excluding carboxylic acids is 7. The first-order valence-corrected chi connectivity index (χ1v) is 46.1. The minimum Gasteiger partial charge on any atom is -0.480 e. The molecule has 19 rings (SSSR count). The summed E-state index contributed by atoms with van der Waals surface area (Å²) in [6.07, 6.45) is 22.3. The third-order valence-corrected chi connectivity index (χ3v) is 28.0. The van der Waals surface area contributed by atoms with E-state index < -0.39 is 53.6 Å². The van der Waals surface area contributed by atoms with Crippen LogP contribution in [0.25, 0.3) is 67.3 Å². The lowest BCUT2D eigenvalue weighted by molar-refractivity contribution is -0.142. The third-order valence-electron chi connectivity index (χ3n) is 28.0. The number of aryl methyl sites for hydroxylation is 4. The van der Waals surface area contributed by atoms with E-state index in [-0.39, 0.29) is 78.0 Å². The largest absolute Gasteiger partial charge is 0.480 e. The van der Waals surface area contributed by atoms with Crippen molar-refractivity contribution in [3.63, 3.8) is 0 Å². The van der Waals surface area contributed by atoms with E-state index in [9.17, 15) is 38.4 Å². The van der Waals surface area contributed by atoms with Gasteiger partial charge in [-0.1, -0.05) is 48.5 Å². The Bertz CT molecular complexity index is 5430. The number of hydrogen-bond donors (Lipinski definition) is 8. The molecule has 0 unspecified atom stereocenters. The molecule has 11 heterocycles. The lowest BCUT2D eigenvalue weighted by atomic mass is 9.83. The summed E-state index contributed by atoms with van der Waals surface area (Å²) in [4.78, 5) is 142. The van der Waals surface area contributed by atoms with Crippen molar-refractivity contribution < 1.29 is 81.4 Å². The highest BCUT2D eigenvalue weighted by molar-refractivity contribution is 5.89. The summed E-state index contributed by atoms with van der Waals surface area (Å²) in [5.41, 5.74) is 17.1. The Kier molecular flexibility index (Phi) is 26.5. The summed E-state index contributed by atoms with van der Waals surface area (Å²) in [5.74, 6) is 2.56. The number of hydrogen-bond acceptors (Lipinski definition) is 20. The molecule has 4 aliphatic carbocycles. The average Bonchev–Trinajstić information content (AvgIpc) is 1.62. The SMILES string of the molecule is CC(C)(C)OC(=O)N1CCC[C@H]1c1ncc(-c2ccc3c(c2)CCc2cc(-c4cnc([C@@H]5[C@H]6CC[C@H](C6)N5C(=O)OC(C)(C)C)[nH]4)ccc2-3)[nH]1.COC(=O)N[C@H](C(=O)N1CCC[C@H]1c1ncc(-c2ccc3c(c2)CCc2cc(-c4cnc([C@@H]5[C@H]6CC[C@H](C6)N5C(=O)[C@@H](NC(=O)OC)C5CCOCC5)[nH]4)ccc2-3)[nH]1)C1CCOCC1.COC(=O)N[C@H](C(=O)O)C1CCOCC1. The van der Waals surface area contributed by atoms with Crippen LogP contribution in [0.2, 0.25) is 0 Å². The van der Waals surface area contributed by atoms with E-state index in [1.54, 1.807) is 4.90 Å². The fraction of sp³-hybridized carbons (Fsp3) is 0.546. The summed E-state index contributed by atoms with van der Waals surface area (Å²) in [6, 6.07) is 24.0. The van der Waals surface area contributed by atoms with Gasteiger partial charge in [-0.3, -0.25) is 19.4 Å². The summed E-state index contributed by atoms with van der Waals surface area (Å²) in [6.45, 7) is 16.0. The van der Waals surface area contributed by atoms with E-state index in [0.717, 1.165) is 158 Å². The first kappa shape index (κ1) is 89.3. The number of carbonyl (C=O) groups is 8. The number of alkyl carbamates (subject to hydrolysis) is 3. The lowest BCUT2D eigenvalue weighted by Gasteiger charge is -2.39. The van der Waals surface area contributed by atoms with Crippen LogP contribution in [0.15, 0.2) is 97.6 Å². The number of carboxylic acid groups (broad SMARTS) is 1. The Hall–Kier alpha value is -11.6. The monoisotopic (exact) mass is 1770 g/mol. The van der Waals surface area contributed by atoms with Gasteiger partial charge < -0.3 is 88.7 Å². The Morgan fingerprint density at radius 2 is 0.744 bits per heavy atom. The van der Waals surface area contributed by atoms with E-state index in [2.05, 4.69) is 113 Å². The molecule has 32 nitrogen and oxygen atoms in total. The zero-order valence-electron chi connectivity index (χ0n) is 75.2. The van der Waals surface area contributed by atoms with Crippen LogP contribution in [-0.4, -0.2) is 228 Å². The zero-order chi connectivity index (χ0) is 90.1. The normalized spacial score (nSPS) is 23.1. The number of piperidine rings is 2. The molecule has 9 fully saturated rings. The van der Waals surface area contributed by atoms with Gasteiger partial charge in [-0.2, -0.15) is 0 Å². The van der Waals surface area contributed by atoms with Crippen LogP contribution in [0.3, 0.4) is 0 Å². The molecule has 686 valence electrons. The molecule has 0 spiro atoms. The van der Waals surface area contributed by atoms with Crippen molar-refractivity contribution in [3.05, 3.63) is 143 Å². The number of aliphatic carboxylic acids is 1. The predicted molar refractivity (Wildman–Crippen MR) is 476 cm³/mol. The molecule has 7 saturated heterocycles. The number of ether oxygens (including phenoxy) is 8. The van der Waals surface area contributed by atoms with Crippen molar-refractivity contribution in [2.24, 2.45) is 29.6 Å². The van der Waals surface area contributed by atoms with Gasteiger partial charge in [-0.05, 0) is 291 Å². The van der Waals surface area contributed by atoms with Gasteiger partial charge in [0.15, 0.2) is 0 Å². The Morgan fingerprint density at radius 1 is 0.411 bits per heavy atom. The van der Waals surface area contributed by atoms with Crippen LogP contribution < -0.4 is 16.0 Å². The van der Waals surface area contributed by atoms with Gasteiger partial charge in [0, 0.05) is 64.8 Å². The van der Waals surface area contributed by atoms with Crippen molar-refractivity contribution >= 4 is 48.2 Å². The van der Waals surface area contributed by atoms with Gasteiger partial charge >= 0.3 is 36.4 Å². The highest BCUT2D eigenvalue weighted by Gasteiger charge is 2.54. The quantitative estimate of drug-likeness (QED) is 0.0393. The Morgan fingerprint density at radius 3 is 1.13 bits per heavy atom. The van der Waals surface area contributed by atoms with Crippen LogP contribution in [0.4, 0.5) is 24.0 Å². The number of amides is 7. The molecule has 4 aromatic heterocycles. The molecule has 32 heteroatoms. The van der Waals surface area contributed by atoms with Crippen molar-refractivity contribution in [2.75, 3.05) is 74.1 Å². The van der Waals surface area contributed by atoms with Gasteiger partial charge in [0.05, 0.1) is 93.1 Å². The topological polar surface area (TPSA) is 394 Å². The highest BCUT2D eigenvalue weighted by atomic mass is 16.6. The summed E-state index contributed by atoms with van der Waals surface area (Å²) < 4.78 is 42.0. The number of rotatable bonds is 17. The molecule has 0 radical (unpaired) electrons. The van der Waals surface area contributed by atoms with Gasteiger partial charge in [0.25, 0.3) is 0 Å². The number of nitrogens with one attached hydrogen (secondary N) is 7. The summed E-state index contributed by atoms with van der Waals surface area (Å²) in [7, 11) is 3.85. The molecule has 8 N–H and O–H groups in total. The summed E-state index contributed by atoms with van der Waals surface area (Å²) >= 11 is 0. The number of aromatic amines is 4. The van der Waals surface area contributed by atoms with Gasteiger partial charge in [0.1, 0.15) is 52.6 Å². The number of aromatic nitrogens is 8. The van der Waals surface area contributed by atoms with Crippen molar-refractivity contribution in [1.82, 2.24) is 75.4 Å². The maximum atomic E-state index is 14.4. The van der Waals surface area contributed by atoms with Crippen LogP contribution in [0, 0.1) is 29.6 Å². The maximum Gasteiger partial charge on any atom is 0.411 e. The van der Waals surface area contributed by atoms with Gasteiger partial charge in [0.2, 0.25) is 11.8 Å². The van der Waals surface area contributed by atoms with E-state index in [0.29, 0.717) is 103 Å². The molecule has 7 amide bonds. The number of benzene rings is 4. The molecule has 11 aliphatic rings. The first-order valence-electron chi connectivity index (χ1n) is 46.1. The fourth-order valence-corrected chi connectivity index (χ4v) is 21.7. The van der Waals surface area contributed by atoms with Gasteiger partial charge in [-0.25, -0.2) is 48.7 Å². The highest BCUT2D eigenvalue weighted by Crippen LogP contribution is 2.53. The number of methoxy groups -OCH3 is 3. The molecule has 8 aromatic rings. The number of imidazole rings is 4. The van der Waals surface area contributed by atoms with E-state index in [1.807, 2.05) is 81.0 Å². The molecule has 129 heavy (non-hydrogen) atoms. The smallest absolute Gasteiger partial charge is 0.411 e. The molecule has 2 saturated carbocycles.